The van der Waals surface area contributed by atoms with Crippen LogP contribution in [-0.2, 0) is 4.79 Å². The Hall–Kier alpha value is -0.280. The second-order valence-corrected chi connectivity index (χ2v) is 6.50. The summed E-state index contributed by atoms with van der Waals surface area (Å²) < 4.78 is 0. The van der Waals surface area contributed by atoms with Gasteiger partial charge in [-0.3, -0.25) is 4.79 Å². The Morgan fingerprint density at radius 3 is 2.45 bits per heavy atom. The predicted molar refractivity (Wildman–Crippen MR) is 86.0 cm³/mol. The molecule has 1 amide bonds. The summed E-state index contributed by atoms with van der Waals surface area (Å²) in [7, 11) is 0. The molecule has 4 heteroatoms. The van der Waals surface area contributed by atoms with E-state index in [0.29, 0.717) is 17.7 Å². The average Bonchev–Trinajstić information content (AvgIpc) is 2.47. The number of rotatable bonds is 4. The molecule has 0 bridgehead atoms. The molecule has 1 saturated carbocycles. The zero-order valence-corrected chi connectivity index (χ0v) is 13.7. The summed E-state index contributed by atoms with van der Waals surface area (Å²) in [5.74, 6) is 2.28. The molecule has 2 fully saturated rings. The molecule has 0 spiro atoms. The summed E-state index contributed by atoms with van der Waals surface area (Å²) in [6, 6.07) is 0. The molecule has 0 radical (unpaired) electrons. The fraction of sp³-hybridized carbons (Fsp3) is 0.938. The summed E-state index contributed by atoms with van der Waals surface area (Å²) in [6.07, 6.45) is 9.53. The lowest BCUT2D eigenvalue weighted by Crippen LogP contribution is -2.44. The highest BCUT2D eigenvalue weighted by molar-refractivity contribution is 5.85. The molecule has 118 valence electrons. The zero-order valence-electron chi connectivity index (χ0n) is 12.9. The second-order valence-electron chi connectivity index (χ2n) is 6.50. The van der Waals surface area contributed by atoms with Crippen LogP contribution in [0.15, 0.2) is 0 Å². The van der Waals surface area contributed by atoms with Crippen molar-refractivity contribution < 1.29 is 4.79 Å². The average molecular weight is 303 g/mol. The monoisotopic (exact) mass is 302 g/mol. The SMILES string of the molecule is CCC1CCC(C(=O)N2CCCC(CCN)C2)CC1.Cl. The molecule has 20 heavy (non-hydrogen) atoms. The van der Waals surface area contributed by atoms with Gasteiger partial charge in [0.25, 0.3) is 0 Å². The van der Waals surface area contributed by atoms with Crippen LogP contribution >= 0.6 is 12.4 Å². The largest absolute Gasteiger partial charge is 0.342 e. The normalized spacial score (nSPS) is 30.7. The van der Waals surface area contributed by atoms with Gasteiger partial charge in [-0.1, -0.05) is 13.3 Å². The predicted octanol–water partition coefficient (Wildman–Crippen LogP) is 3.21. The molecular formula is C16H31ClN2O. The first kappa shape index (κ1) is 17.8. The van der Waals surface area contributed by atoms with Gasteiger partial charge >= 0.3 is 0 Å². The Bertz CT molecular complexity index is 288. The van der Waals surface area contributed by atoms with E-state index >= 15 is 0 Å². The molecule has 1 unspecified atom stereocenters. The first-order chi connectivity index (χ1) is 9.24. The minimum atomic E-state index is 0. The Kier molecular flexibility index (Phi) is 7.90. The molecule has 2 N–H and O–H groups in total. The third kappa shape index (κ3) is 4.63. The number of halogens is 1. The summed E-state index contributed by atoms with van der Waals surface area (Å²) >= 11 is 0. The highest BCUT2D eigenvalue weighted by Gasteiger charge is 2.31. The van der Waals surface area contributed by atoms with Gasteiger partial charge in [0.2, 0.25) is 5.91 Å². The molecule has 0 aromatic carbocycles. The van der Waals surface area contributed by atoms with Crippen LogP contribution in [0.25, 0.3) is 0 Å². The third-order valence-corrected chi connectivity index (χ3v) is 5.18. The Balaban J connectivity index is 0.00000200. The van der Waals surface area contributed by atoms with E-state index in [-0.39, 0.29) is 12.4 Å². The lowest BCUT2D eigenvalue weighted by atomic mass is 9.80. The molecule has 1 aliphatic heterocycles. The van der Waals surface area contributed by atoms with Gasteiger partial charge in [-0.05, 0) is 63.3 Å². The summed E-state index contributed by atoms with van der Waals surface area (Å²) in [4.78, 5) is 14.7. The van der Waals surface area contributed by atoms with E-state index in [1.165, 1.54) is 32.1 Å². The molecule has 3 nitrogen and oxygen atoms in total. The van der Waals surface area contributed by atoms with Crippen molar-refractivity contribution in [3.63, 3.8) is 0 Å². The van der Waals surface area contributed by atoms with Crippen molar-refractivity contribution in [3.05, 3.63) is 0 Å². The molecule has 1 atom stereocenters. The zero-order chi connectivity index (χ0) is 13.7. The lowest BCUT2D eigenvalue weighted by molar-refractivity contribution is -0.138. The van der Waals surface area contributed by atoms with E-state index in [1.54, 1.807) is 0 Å². The number of hydrogen-bond acceptors (Lipinski definition) is 2. The van der Waals surface area contributed by atoms with Crippen molar-refractivity contribution in [1.29, 1.82) is 0 Å². The van der Waals surface area contributed by atoms with Crippen molar-refractivity contribution in [2.24, 2.45) is 23.5 Å². The van der Waals surface area contributed by atoms with Crippen LogP contribution < -0.4 is 5.73 Å². The summed E-state index contributed by atoms with van der Waals surface area (Å²) in [6.45, 7) is 4.97. The standard InChI is InChI=1S/C16H30N2O.ClH/c1-2-13-5-7-15(8-6-13)16(19)18-11-3-4-14(12-18)9-10-17;/h13-15H,2-12,17H2,1H3;1H. The molecule has 0 aromatic rings. The lowest BCUT2D eigenvalue weighted by Gasteiger charge is -2.36. The molecule has 1 aliphatic carbocycles. The minimum Gasteiger partial charge on any atom is -0.342 e. The van der Waals surface area contributed by atoms with Gasteiger partial charge in [0.15, 0.2) is 0 Å². The Labute approximate surface area is 130 Å². The molecule has 1 heterocycles. The highest BCUT2D eigenvalue weighted by Crippen LogP contribution is 2.32. The first-order valence-electron chi connectivity index (χ1n) is 8.23. The molecule has 2 aliphatic rings. The van der Waals surface area contributed by atoms with E-state index in [1.807, 2.05) is 0 Å². The molecule has 0 aromatic heterocycles. The molecule has 2 rings (SSSR count). The number of amides is 1. The van der Waals surface area contributed by atoms with Crippen LogP contribution in [0.4, 0.5) is 0 Å². The maximum atomic E-state index is 12.6. The molecular weight excluding hydrogens is 272 g/mol. The van der Waals surface area contributed by atoms with E-state index in [9.17, 15) is 4.79 Å². The molecule has 1 saturated heterocycles. The number of nitrogens with two attached hydrogens (primary N) is 1. The quantitative estimate of drug-likeness (QED) is 0.867. The van der Waals surface area contributed by atoms with Gasteiger partial charge in [-0.25, -0.2) is 0 Å². The smallest absolute Gasteiger partial charge is 0.225 e. The van der Waals surface area contributed by atoms with Crippen molar-refractivity contribution >= 4 is 18.3 Å². The van der Waals surface area contributed by atoms with Gasteiger partial charge in [0, 0.05) is 19.0 Å². The highest BCUT2D eigenvalue weighted by atomic mass is 35.5. The van der Waals surface area contributed by atoms with Crippen molar-refractivity contribution in [2.45, 2.75) is 58.3 Å². The van der Waals surface area contributed by atoms with Gasteiger partial charge in [0.1, 0.15) is 0 Å². The van der Waals surface area contributed by atoms with E-state index in [2.05, 4.69) is 11.8 Å². The third-order valence-electron chi connectivity index (χ3n) is 5.18. The van der Waals surface area contributed by atoms with Crippen molar-refractivity contribution in [2.75, 3.05) is 19.6 Å². The second kappa shape index (κ2) is 8.89. The first-order valence-corrected chi connectivity index (χ1v) is 8.23. The Morgan fingerprint density at radius 2 is 1.85 bits per heavy atom. The maximum Gasteiger partial charge on any atom is 0.225 e. The Morgan fingerprint density at radius 1 is 1.15 bits per heavy atom. The van der Waals surface area contributed by atoms with Crippen LogP contribution in [0.3, 0.4) is 0 Å². The topological polar surface area (TPSA) is 46.3 Å². The van der Waals surface area contributed by atoms with Gasteiger partial charge < -0.3 is 10.6 Å². The van der Waals surface area contributed by atoms with Gasteiger partial charge in [-0.2, -0.15) is 0 Å². The number of hydrogen-bond donors (Lipinski definition) is 1. The van der Waals surface area contributed by atoms with Crippen LogP contribution in [0, 0.1) is 17.8 Å². The van der Waals surface area contributed by atoms with Gasteiger partial charge in [-0.15, -0.1) is 12.4 Å². The summed E-state index contributed by atoms with van der Waals surface area (Å²) in [5.41, 5.74) is 5.65. The van der Waals surface area contributed by atoms with Crippen LogP contribution in [0.2, 0.25) is 0 Å². The van der Waals surface area contributed by atoms with Gasteiger partial charge in [0.05, 0.1) is 0 Å². The number of piperidine rings is 1. The van der Waals surface area contributed by atoms with Crippen LogP contribution in [-0.4, -0.2) is 30.4 Å². The van der Waals surface area contributed by atoms with Crippen molar-refractivity contribution in [1.82, 2.24) is 4.90 Å². The van der Waals surface area contributed by atoms with E-state index in [4.69, 9.17) is 5.73 Å². The number of carbonyl (C=O) groups excluding carboxylic acids is 1. The fourth-order valence-corrected chi connectivity index (χ4v) is 3.81. The van der Waals surface area contributed by atoms with Crippen LogP contribution in [0.5, 0.6) is 0 Å². The maximum absolute atomic E-state index is 12.6. The van der Waals surface area contributed by atoms with Crippen molar-refractivity contribution in [3.8, 4) is 0 Å². The number of likely N-dealkylation sites (tertiary alicyclic amines) is 1. The number of carbonyl (C=O) groups is 1. The van der Waals surface area contributed by atoms with E-state index < -0.39 is 0 Å². The minimum absolute atomic E-state index is 0. The number of nitrogens with zero attached hydrogens (tertiary/aromatic N) is 1. The summed E-state index contributed by atoms with van der Waals surface area (Å²) in [5, 5.41) is 0. The van der Waals surface area contributed by atoms with Crippen LogP contribution in [0.1, 0.15) is 58.3 Å². The van der Waals surface area contributed by atoms with E-state index in [0.717, 1.165) is 44.8 Å². The fourth-order valence-electron chi connectivity index (χ4n) is 3.81.